The van der Waals surface area contributed by atoms with Gasteiger partial charge in [0, 0.05) is 25.2 Å². The van der Waals surface area contributed by atoms with Crippen LogP contribution in [0.5, 0.6) is 0 Å². The summed E-state index contributed by atoms with van der Waals surface area (Å²) in [7, 11) is 0. The molecule has 0 amide bonds. The molecule has 0 aromatic heterocycles. The van der Waals surface area contributed by atoms with Crippen molar-refractivity contribution in [2.75, 3.05) is 13.1 Å². The average molecular weight is 222 g/mol. The van der Waals surface area contributed by atoms with Gasteiger partial charge in [0.15, 0.2) is 0 Å². The van der Waals surface area contributed by atoms with E-state index < -0.39 is 0 Å². The van der Waals surface area contributed by atoms with E-state index in [9.17, 15) is 0 Å². The van der Waals surface area contributed by atoms with Gasteiger partial charge in [-0.25, -0.2) is 0 Å². The van der Waals surface area contributed by atoms with Gasteiger partial charge in [0.25, 0.3) is 0 Å². The molecule has 2 heteroatoms. The Labute approximate surface area is 99.6 Å². The third-order valence-corrected chi connectivity index (χ3v) is 5.19. The Morgan fingerprint density at radius 1 is 1.00 bits per heavy atom. The van der Waals surface area contributed by atoms with Crippen LogP contribution in [-0.2, 0) is 0 Å². The first-order valence-electron chi connectivity index (χ1n) is 7.23. The predicted octanol–water partition coefficient (Wildman–Crippen LogP) is 2.23. The predicted molar refractivity (Wildman–Crippen MR) is 67.2 cm³/mol. The smallest absolute Gasteiger partial charge is 0.0206 e. The van der Waals surface area contributed by atoms with Crippen LogP contribution in [0.25, 0.3) is 0 Å². The van der Waals surface area contributed by atoms with Crippen molar-refractivity contribution in [1.82, 2.24) is 4.90 Å². The van der Waals surface area contributed by atoms with Crippen molar-refractivity contribution in [3.8, 4) is 0 Å². The Morgan fingerprint density at radius 2 is 1.81 bits per heavy atom. The SMILES string of the molecule is CC1CN(C2CCCC(C3CC3)C2)CC1N. The fourth-order valence-corrected chi connectivity index (χ4v) is 3.86. The maximum absolute atomic E-state index is 6.14. The second-order valence-electron chi connectivity index (χ2n) is 6.51. The van der Waals surface area contributed by atoms with Crippen LogP contribution in [0.4, 0.5) is 0 Å². The summed E-state index contributed by atoms with van der Waals surface area (Å²) in [6, 6.07) is 1.30. The molecule has 2 N–H and O–H groups in total. The van der Waals surface area contributed by atoms with E-state index in [4.69, 9.17) is 5.73 Å². The van der Waals surface area contributed by atoms with Crippen LogP contribution in [0, 0.1) is 17.8 Å². The zero-order chi connectivity index (χ0) is 11.1. The molecule has 2 saturated carbocycles. The standard InChI is InChI=1S/C14H26N2/c1-10-8-16(9-14(10)15)13-4-2-3-12(7-13)11-5-6-11/h10-14H,2-9,15H2,1H3. The minimum Gasteiger partial charge on any atom is -0.326 e. The highest BCUT2D eigenvalue weighted by Crippen LogP contribution is 2.45. The highest BCUT2D eigenvalue weighted by molar-refractivity contribution is 4.93. The molecular formula is C14H26N2. The Kier molecular flexibility index (Phi) is 2.97. The lowest BCUT2D eigenvalue weighted by atomic mass is 9.82. The maximum atomic E-state index is 6.14. The molecule has 92 valence electrons. The summed E-state index contributed by atoms with van der Waals surface area (Å²) in [5.74, 6) is 2.88. The van der Waals surface area contributed by atoms with Crippen molar-refractivity contribution in [3.05, 3.63) is 0 Å². The van der Waals surface area contributed by atoms with Gasteiger partial charge in [0.05, 0.1) is 0 Å². The van der Waals surface area contributed by atoms with Gasteiger partial charge in [0.1, 0.15) is 0 Å². The fraction of sp³-hybridized carbons (Fsp3) is 1.00. The Balaban J connectivity index is 1.57. The van der Waals surface area contributed by atoms with Crippen LogP contribution in [-0.4, -0.2) is 30.1 Å². The molecule has 4 atom stereocenters. The molecule has 3 aliphatic rings. The van der Waals surface area contributed by atoms with E-state index in [0.29, 0.717) is 12.0 Å². The van der Waals surface area contributed by atoms with Gasteiger partial charge in [-0.1, -0.05) is 19.8 Å². The molecular weight excluding hydrogens is 196 g/mol. The van der Waals surface area contributed by atoms with Gasteiger partial charge in [-0.15, -0.1) is 0 Å². The molecule has 1 saturated heterocycles. The van der Waals surface area contributed by atoms with Crippen molar-refractivity contribution < 1.29 is 0 Å². The van der Waals surface area contributed by atoms with Crippen LogP contribution in [0.1, 0.15) is 45.4 Å². The number of nitrogens with zero attached hydrogens (tertiary/aromatic N) is 1. The van der Waals surface area contributed by atoms with E-state index in [-0.39, 0.29) is 0 Å². The summed E-state index contributed by atoms with van der Waals surface area (Å²) < 4.78 is 0. The second kappa shape index (κ2) is 4.30. The van der Waals surface area contributed by atoms with E-state index >= 15 is 0 Å². The lowest BCUT2D eigenvalue weighted by Crippen LogP contribution is -2.39. The normalized spacial score (nSPS) is 46.1. The summed E-state index contributed by atoms with van der Waals surface area (Å²) in [5, 5.41) is 0. The molecule has 3 fully saturated rings. The highest BCUT2D eigenvalue weighted by Gasteiger charge is 2.38. The summed E-state index contributed by atoms with van der Waals surface area (Å²) >= 11 is 0. The Bertz CT molecular complexity index is 239. The molecule has 2 aliphatic carbocycles. The van der Waals surface area contributed by atoms with E-state index in [2.05, 4.69) is 11.8 Å². The van der Waals surface area contributed by atoms with Gasteiger partial charge in [-0.3, -0.25) is 4.90 Å². The zero-order valence-corrected chi connectivity index (χ0v) is 10.6. The minimum atomic E-state index is 0.432. The molecule has 0 spiro atoms. The molecule has 1 aliphatic heterocycles. The molecule has 0 aromatic carbocycles. The third kappa shape index (κ3) is 2.14. The number of hydrogen-bond acceptors (Lipinski definition) is 2. The van der Waals surface area contributed by atoms with E-state index in [1.165, 1.54) is 45.1 Å². The summed E-state index contributed by atoms with van der Waals surface area (Å²) in [5.41, 5.74) is 6.14. The summed E-state index contributed by atoms with van der Waals surface area (Å²) in [6.45, 7) is 4.72. The van der Waals surface area contributed by atoms with Crippen LogP contribution in [0.3, 0.4) is 0 Å². The summed E-state index contributed by atoms with van der Waals surface area (Å²) in [6.07, 6.45) is 8.93. The van der Waals surface area contributed by atoms with Crippen molar-refractivity contribution in [3.63, 3.8) is 0 Å². The van der Waals surface area contributed by atoms with Gasteiger partial charge in [-0.05, 0) is 43.4 Å². The van der Waals surface area contributed by atoms with Crippen molar-refractivity contribution in [2.24, 2.45) is 23.5 Å². The van der Waals surface area contributed by atoms with Crippen molar-refractivity contribution >= 4 is 0 Å². The Morgan fingerprint density at radius 3 is 2.44 bits per heavy atom. The molecule has 0 bridgehead atoms. The lowest BCUT2D eigenvalue weighted by molar-refractivity contribution is 0.143. The lowest BCUT2D eigenvalue weighted by Gasteiger charge is -2.35. The third-order valence-electron chi connectivity index (χ3n) is 5.19. The van der Waals surface area contributed by atoms with Crippen LogP contribution in [0.2, 0.25) is 0 Å². The van der Waals surface area contributed by atoms with E-state index in [1.54, 1.807) is 0 Å². The van der Waals surface area contributed by atoms with E-state index in [0.717, 1.165) is 24.4 Å². The zero-order valence-electron chi connectivity index (χ0n) is 10.6. The van der Waals surface area contributed by atoms with Crippen LogP contribution < -0.4 is 5.73 Å². The first-order chi connectivity index (χ1) is 7.74. The highest BCUT2D eigenvalue weighted by atomic mass is 15.2. The van der Waals surface area contributed by atoms with Gasteiger partial charge >= 0.3 is 0 Å². The molecule has 2 nitrogen and oxygen atoms in total. The van der Waals surface area contributed by atoms with Crippen LogP contribution >= 0.6 is 0 Å². The van der Waals surface area contributed by atoms with Crippen LogP contribution in [0.15, 0.2) is 0 Å². The number of hydrogen-bond donors (Lipinski definition) is 1. The quantitative estimate of drug-likeness (QED) is 0.776. The molecule has 16 heavy (non-hydrogen) atoms. The molecule has 1 heterocycles. The Hall–Kier alpha value is -0.0800. The van der Waals surface area contributed by atoms with Gasteiger partial charge in [0.2, 0.25) is 0 Å². The second-order valence-corrected chi connectivity index (χ2v) is 6.51. The largest absolute Gasteiger partial charge is 0.326 e. The van der Waals surface area contributed by atoms with Gasteiger partial charge in [-0.2, -0.15) is 0 Å². The molecule has 3 rings (SSSR count). The van der Waals surface area contributed by atoms with Crippen molar-refractivity contribution in [1.29, 1.82) is 0 Å². The fourth-order valence-electron chi connectivity index (χ4n) is 3.86. The maximum Gasteiger partial charge on any atom is 0.0206 e. The topological polar surface area (TPSA) is 29.3 Å². The summed E-state index contributed by atoms with van der Waals surface area (Å²) in [4.78, 5) is 2.70. The monoisotopic (exact) mass is 222 g/mol. The molecule has 4 unspecified atom stereocenters. The van der Waals surface area contributed by atoms with E-state index in [1.807, 2.05) is 0 Å². The number of likely N-dealkylation sites (tertiary alicyclic amines) is 1. The minimum absolute atomic E-state index is 0.432. The molecule has 0 radical (unpaired) electrons. The first kappa shape index (κ1) is 11.0. The number of nitrogens with two attached hydrogens (primary N) is 1. The first-order valence-corrected chi connectivity index (χ1v) is 7.23. The van der Waals surface area contributed by atoms with Crippen molar-refractivity contribution in [2.45, 2.75) is 57.5 Å². The van der Waals surface area contributed by atoms with Gasteiger partial charge < -0.3 is 5.73 Å². The average Bonchev–Trinajstić information content (AvgIpc) is 3.07. The number of rotatable bonds is 2. The molecule has 0 aromatic rings.